The van der Waals surface area contributed by atoms with Crippen molar-refractivity contribution in [2.45, 2.75) is 51.9 Å². The molecule has 2 amide bonds. The van der Waals surface area contributed by atoms with E-state index in [0.717, 1.165) is 57.2 Å². The van der Waals surface area contributed by atoms with Gasteiger partial charge in [-0.05, 0) is 68.6 Å². The Morgan fingerprint density at radius 1 is 1.18 bits per heavy atom. The molecule has 0 radical (unpaired) electrons. The van der Waals surface area contributed by atoms with E-state index in [9.17, 15) is 9.59 Å². The van der Waals surface area contributed by atoms with Crippen molar-refractivity contribution in [2.24, 2.45) is 5.92 Å². The van der Waals surface area contributed by atoms with Gasteiger partial charge < -0.3 is 10.2 Å². The molecule has 1 N–H and O–H groups in total. The fraction of sp³-hybridized carbons (Fsp3) is 0.500. The van der Waals surface area contributed by atoms with Crippen LogP contribution in [0, 0.1) is 5.92 Å². The lowest BCUT2D eigenvalue weighted by Gasteiger charge is -2.22. The van der Waals surface area contributed by atoms with Crippen molar-refractivity contribution in [1.29, 1.82) is 0 Å². The lowest BCUT2D eigenvalue weighted by atomic mass is 9.95. The summed E-state index contributed by atoms with van der Waals surface area (Å²) >= 11 is 1.58. The molecular formula is C22H27N3O2S. The number of nitrogens with one attached hydrogen (secondary N) is 1. The van der Waals surface area contributed by atoms with Gasteiger partial charge in [-0.1, -0.05) is 6.92 Å². The summed E-state index contributed by atoms with van der Waals surface area (Å²) in [6.45, 7) is 3.88. The second-order valence-electron chi connectivity index (χ2n) is 7.94. The molecule has 0 spiro atoms. The van der Waals surface area contributed by atoms with E-state index >= 15 is 0 Å². The van der Waals surface area contributed by atoms with Gasteiger partial charge in [0, 0.05) is 30.4 Å². The molecule has 0 saturated carbocycles. The largest absolute Gasteiger partial charge is 0.339 e. The van der Waals surface area contributed by atoms with E-state index in [4.69, 9.17) is 0 Å². The Balaban J connectivity index is 1.64. The molecule has 2 aliphatic rings. The molecule has 6 heteroatoms. The summed E-state index contributed by atoms with van der Waals surface area (Å²) in [6, 6.07) is 3.49. The summed E-state index contributed by atoms with van der Waals surface area (Å²) in [5.74, 6) is 0.555. The number of thiophene rings is 1. The molecular weight excluding hydrogens is 370 g/mol. The van der Waals surface area contributed by atoms with Crippen molar-refractivity contribution in [1.82, 2.24) is 9.88 Å². The van der Waals surface area contributed by atoms with Crippen molar-refractivity contribution < 1.29 is 9.59 Å². The van der Waals surface area contributed by atoms with Gasteiger partial charge in [-0.25, -0.2) is 0 Å². The molecule has 1 aliphatic heterocycles. The highest BCUT2D eigenvalue weighted by Gasteiger charge is 2.30. The number of anilines is 1. The van der Waals surface area contributed by atoms with Crippen LogP contribution in [0.1, 0.15) is 70.2 Å². The predicted molar refractivity (Wildman–Crippen MR) is 112 cm³/mol. The van der Waals surface area contributed by atoms with Crippen LogP contribution in [0.2, 0.25) is 0 Å². The Morgan fingerprint density at radius 2 is 2.04 bits per heavy atom. The predicted octanol–water partition coefficient (Wildman–Crippen LogP) is 4.54. The number of nitrogens with zero attached hydrogens (tertiary/aromatic N) is 2. The van der Waals surface area contributed by atoms with E-state index in [0.29, 0.717) is 16.5 Å². The van der Waals surface area contributed by atoms with Gasteiger partial charge in [0.15, 0.2) is 0 Å². The maximum atomic E-state index is 13.5. The third-order valence-corrected chi connectivity index (χ3v) is 7.05. The summed E-state index contributed by atoms with van der Waals surface area (Å²) in [6.07, 6.45) is 10.7. The number of hydrogen-bond donors (Lipinski definition) is 1. The smallest absolute Gasteiger partial charge is 0.257 e. The van der Waals surface area contributed by atoms with E-state index in [1.54, 1.807) is 35.9 Å². The number of pyridine rings is 1. The average Bonchev–Trinajstić information content (AvgIpc) is 2.93. The van der Waals surface area contributed by atoms with Gasteiger partial charge in [0.05, 0.1) is 11.1 Å². The molecule has 1 aliphatic carbocycles. The van der Waals surface area contributed by atoms with Gasteiger partial charge in [0.2, 0.25) is 0 Å². The molecule has 28 heavy (non-hydrogen) atoms. The molecule has 1 saturated heterocycles. The van der Waals surface area contributed by atoms with Crippen molar-refractivity contribution in [3.63, 3.8) is 0 Å². The standard InChI is InChI=1S/C22H27N3O2S/c1-15-6-5-12-25(13-10-15)22(27)19-17-8-2-3-9-18(17)28-21(19)24-20(26)16-7-4-11-23-14-16/h4,7,11,14-15H,2-3,5-6,8-10,12-13H2,1H3,(H,24,26). The van der Waals surface area contributed by atoms with Gasteiger partial charge in [0.1, 0.15) is 5.00 Å². The fourth-order valence-corrected chi connectivity index (χ4v) is 5.45. The Hall–Kier alpha value is -2.21. The van der Waals surface area contributed by atoms with Crippen LogP contribution in [0.15, 0.2) is 24.5 Å². The van der Waals surface area contributed by atoms with Crippen LogP contribution in [0.3, 0.4) is 0 Å². The summed E-state index contributed by atoms with van der Waals surface area (Å²) in [5, 5.41) is 3.73. The van der Waals surface area contributed by atoms with Crippen molar-refractivity contribution >= 4 is 28.2 Å². The van der Waals surface area contributed by atoms with E-state index < -0.39 is 0 Å². The van der Waals surface area contributed by atoms with Crippen LogP contribution >= 0.6 is 11.3 Å². The number of likely N-dealkylation sites (tertiary alicyclic amines) is 1. The molecule has 0 bridgehead atoms. The maximum Gasteiger partial charge on any atom is 0.257 e. The summed E-state index contributed by atoms with van der Waals surface area (Å²) in [7, 11) is 0. The number of carbonyl (C=O) groups excluding carboxylic acids is 2. The van der Waals surface area contributed by atoms with Gasteiger partial charge in [-0.2, -0.15) is 0 Å². The summed E-state index contributed by atoms with van der Waals surface area (Å²) in [4.78, 5) is 33.5. The highest BCUT2D eigenvalue weighted by molar-refractivity contribution is 7.17. The number of aryl methyl sites for hydroxylation is 1. The fourth-order valence-electron chi connectivity index (χ4n) is 4.18. The first-order valence-electron chi connectivity index (χ1n) is 10.3. The Kier molecular flexibility index (Phi) is 5.76. The third-order valence-electron chi connectivity index (χ3n) is 5.84. The van der Waals surface area contributed by atoms with Crippen molar-refractivity contribution in [2.75, 3.05) is 18.4 Å². The van der Waals surface area contributed by atoms with Gasteiger partial charge in [0.25, 0.3) is 11.8 Å². The van der Waals surface area contributed by atoms with Crippen molar-refractivity contribution in [3.8, 4) is 0 Å². The first-order valence-corrected chi connectivity index (χ1v) is 11.1. The molecule has 3 heterocycles. The normalized spacial score (nSPS) is 19.6. The SMILES string of the molecule is CC1CCCN(C(=O)c2c(NC(=O)c3cccnc3)sc3c2CCCC3)CC1. The number of aromatic nitrogens is 1. The minimum Gasteiger partial charge on any atom is -0.339 e. The second-order valence-corrected chi connectivity index (χ2v) is 9.04. The van der Waals surface area contributed by atoms with Gasteiger partial charge in [-0.3, -0.25) is 14.6 Å². The zero-order valence-corrected chi connectivity index (χ0v) is 17.2. The quantitative estimate of drug-likeness (QED) is 0.827. The van der Waals surface area contributed by atoms with Crippen LogP contribution in [0.4, 0.5) is 5.00 Å². The maximum absolute atomic E-state index is 13.5. The zero-order valence-electron chi connectivity index (χ0n) is 16.4. The molecule has 1 unspecified atom stereocenters. The molecule has 5 nitrogen and oxygen atoms in total. The van der Waals surface area contributed by atoms with E-state index in [1.807, 2.05) is 4.90 Å². The van der Waals surface area contributed by atoms with Gasteiger partial charge >= 0.3 is 0 Å². The second kappa shape index (κ2) is 8.43. The average molecular weight is 398 g/mol. The first kappa shape index (κ1) is 19.1. The topological polar surface area (TPSA) is 62.3 Å². The lowest BCUT2D eigenvalue weighted by Crippen LogP contribution is -2.33. The summed E-state index contributed by atoms with van der Waals surface area (Å²) in [5.41, 5.74) is 2.42. The Labute approximate surface area is 170 Å². The van der Waals surface area contributed by atoms with Crippen molar-refractivity contribution in [3.05, 3.63) is 46.1 Å². The van der Waals surface area contributed by atoms with Crippen LogP contribution < -0.4 is 5.32 Å². The Morgan fingerprint density at radius 3 is 2.86 bits per heavy atom. The number of fused-ring (bicyclic) bond motifs is 1. The minimum absolute atomic E-state index is 0.0926. The van der Waals surface area contributed by atoms with Crippen LogP contribution in [0.5, 0.6) is 0 Å². The number of rotatable bonds is 3. The molecule has 0 aromatic carbocycles. The van der Waals surface area contributed by atoms with E-state index in [2.05, 4.69) is 17.2 Å². The lowest BCUT2D eigenvalue weighted by molar-refractivity contribution is 0.0760. The molecule has 148 valence electrons. The molecule has 1 atom stereocenters. The van der Waals surface area contributed by atoms with Gasteiger partial charge in [-0.15, -0.1) is 11.3 Å². The molecule has 4 rings (SSSR count). The molecule has 2 aromatic rings. The number of amides is 2. The number of carbonyl (C=O) groups is 2. The zero-order chi connectivity index (χ0) is 19.5. The highest BCUT2D eigenvalue weighted by Crippen LogP contribution is 2.39. The van der Waals surface area contributed by atoms with Crippen LogP contribution in [-0.4, -0.2) is 34.8 Å². The first-order chi connectivity index (χ1) is 13.6. The van der Waals surface area contributed by atoms with Crippen LogP contribution in [0.25, 0.3) is 0 Å². The number of hydrogen-bond acceptors (Lipinski definition) is 4. The molecule has 2 aromatic heterocycles. The molecule has 1 fully saturated rings. The highest BCUT2D eigenvalue weighted by atomic mass is 32.1. The minimum atomic E-state index is -0.203. The third kappa shape index (κ3) is 3.97. The van der Waals surface area contributed by atoms with Crippen LogP contribution in [-0.2, 0) is 12.8 Å². The Bertz CT molecular complexity index is 862. The van der Waals surface area contributed by atoms with E-state index in [1.165, 1.54) is 16.9 Å². The monoisotopic (exact) mass is 397 g/mol. The summed E-state index contributed by atoms with van der Waals surface area (Å²) < 4.78 is 0. The van der Waals surface area contributed by atoms with E-state index in [-0.39, 0.29) is 11.8 Å².